The van der Waals surface area contributed by atoms with Crippen molar-refractivity contribution in [2.75, 3.05) is 14.1 Å². The molecule has 0 aromatic heterocycles. The summed E-state index contributed by atoms with van der Waals surface area (Å²) in [5, 5.41) is 4.57. The van der Waals surface area contributed by atoms with Gasteiger partial charge < -0.3 is 15.4 Å². The smallest absolute Gasteiger partial charge is 0.331 e. The van der Waals surface area contributed by atoms with Crippen LogP contribution in [0.15, 0.2) is 0 Å². The van der Waals surface area contributed by atoms with E-state index in [0.717, 1.165) is 0 Å². The molecular formula is C11H20N2O4. The van der Waals surface area contributed by atoms with Crippen molar-refractivity contribution < 1.29 is 19.1 Å². The molecule has 0 saturated heterocycles. The molecule has 0 aromatic carbocycles. The van der Waals surface area contributed by atoms with Crippen LogP contribution < -0.4 is 10.6 Å². The van der Waals surface area contributed by atoms with E-state index in [1.807, 2.05) is 0 Å². The molecule has 2 N–H and O–H groups in total. The van der Waals surface area contributed by atoms with Gasteiger partial charge in [0.15, 0.2) is 0 Å². The highest BCUT2D eigenvalue weighted by molar-refractivity contribution is 6.20. The molecule has 0 spiro atoms. The lowest BCUT2D eigenvalue weighted by Gasteiger charge is -2.28. The molecule has 98 valence electrons. The van der Waals surface area contributed by atoms with Gasteiger partial charge in [0.1, 0.15) is 5.60 Å². The molecule has 0 rings (SSSR count). The minimum Gasteiger partial charge on any atom is -0.459 e. The standard InChI is InChI=1S/C11H20N2O4/c1-10(2,3)17-9(16)11(4,7(14)12-5)8(15)13-6/h1-6H3,(H,12,14)(H,13,15). The van der Waals surface area contributed by atoms with Crippen molar-refractivity contribution in [3.8, 4) is 0 Å². The summed E-state index contributed by atoms with van der Waals surface area (Å²) in [4.78, 5) is 35.3. The van der Waals surface area contributed by atoms with Gasteiger partial charge in [0.05, 0.1) is 0 Å². The number of ether oxygens (including phenoxy) is 1. The highest BCUT2D eigenvalue weighted by Gasteiger charge is 2.50. The molecule has 0 unspecified atom stereocenters. The third-order valence-corrected chi connectivity index (χ3v) is 2.17. The second-order valence-electron chi connectivity index (χ2n) is 4.79. The highest BCUT2D eigenvalue weighted by atomic mass is 16.6. The first-order valence-electron chi connectivity index (χ1n) is 5.27. The molecule has 2 amide bonds. The highest BCUT2D eigenvalue weighted by Crippen LogP contribution is 2.22. The van der Waals surface area contributed by atoms with Gasteiger partial charge in [-0.2, -0.15) is 0 Å². The zero-order valence-electron chi connectivity index (χ0n) is 11.1. The molecule has 0 aliphatic rings. The van der Waals surface area contributed by atoms with Gasteiger partial charge in [-0.25, -0.2) is 0 Å². The maximum absolute atomic E-state index is 11.9. The van der Waals surface area contributed by atoms with E-state index in [1.165, 1.54) is 21.0 Å². The Kier molecular flexibility index (Phi) is 4.68. The molecule has 6 heteroatoms. The summed E-state index contributed by atoms with van der Waals surface area (Å²) in [7, 11) is 2.71. The Bertz CT molecular complexity index is 315. The Morgan fingerprint density at radius 1 is 0.882 bits per heavy atom. The van der Waals surface area contributed by atoms with Gasteiger partial charge >= 0.3 is 5.97 Å². The lowest BCUT2D eigenvalue weighted by Crippen LogP contribution is -2.54. The van der Waals surface area contributed by atoms with Gasteiger partial charge in [-0.3, -0.25) is 14.4 Å². The van der Waals surface area contributed by atoms with Crippen LogP contribution in [0.5, 0.6) is 0 Å². The van der Waals surface area contributed by atoms with Gasteiger partial charge in [-0.15, -0.1) is 0 Å². The number of nitrogens with one attached hydrogen (secondary N) is 2. The van der Waals surface area contributed by atoms with E-state index in [-0.39, 0.29) is 0 Å². The molecule has 17 heavy (non-hydrogen) atoms. The summed E-state index contributed by atoms with van der Waals surface area (Å²) < 4.78 is 5.09. The van der Waals surface area contributed by atoms with Crippen molar-refractivity contribution in [3.63, 3.8) is 0 Å². The quantitative estimate of drug-likeness (QED) is 0.533. The molecule has 0 heterocycles. The summed E-state index contributed by atoms with van der Waals surface area (Å²) in [5.41, 5.74) is -2.64. The van der Waals surface area contributed by atoms with Crippen molar-refractivity contribution in [1.29, 1.82) is 0 Å². The number of hydrogen-bond donors (Lipinski definition) is 2. The van der Waals surface area contributed by atoms with Crippen molar-refractivity contribution in [3.05, 3.63) is 0 Å². The fraction of sp³-hybridized carbons (Fsp3) is 0.727. The van der Waals surface area contributed by atoms with E-state index >= 15 is 0 Å². The predicted molar refractivity (Wildman–Crippen MR) is 62.1 cm³/mol. The molecule has 0 radical (unpaired) electrons. The minimum atomic E-state index is -1.88. The molecule has 0 aromatic rings. The SMILES string of the molecule is CNC(=O)C(C)(C(=O)NC)C(=O)OC(C)(C)C. The largest absolute Gasteiger partial charge is 0.459 e. The Morgan fingerprint density at radius 3 is 1.47 bits per heavy atom. The van der Waals surface area contributed by atoms with E-state index in [4.69, 9.17) is 4.74 Å². The van der Waals surface area contributed by atoms with Gasteiger partial charge in [-0.1, -0.05) is 0 Å². The van der Waals surface area contributed by atoms with Crippen molar-refractivity contribution in [2.45, 2.75) is 33.3 Å². The second kappa shape index (κ2) is 5.16. The maximum atomic E-state index is 11.9. The molecule has 0 bridgehead atoms. The zero-order valence-corrected chi connectivity index (χ0v) is 11.1. The first kappa shape index (κ1) is 15.4. The van der Waals surface area contributed by atoms with Crippen LogP contribution in [0.25, 0.3) is 0 Å². The van der Waals surface area contributed by atoms with E-state index < -0.39 is 28.8 Å². The van der Waals surface area contributed by atoms with Crippen molar-refractivity contribution in [1.82, 2.24) is 10.6 Å². The lowest BCUT2D eigenvalue weighted by atomic mass is 9.88. The molecule has 0 atom stereocenters. The van der Waals surface area contributed by atoms with E-state index in [9.17, 15) is 14.4 Å². The van der Waals surface area contributed by atoms with Crippen molar-refractivity contribution >= 4 is 17.8 Å². The predicted octanol–water partition coefficient (Wildman–Crippen LogP) is -0.174. The van der Waals surface area contributed by atoms with Crippen LogP contribution in [-0.2, 0) is 19.1 Å². The Balaban J connectivity index is 5.27. The third kappa shape index (κ3) is 3.44. The summed E-state index contributed by atoms with van der Waals surface area (Å²) in [6.07, 6.45) is 0. The monoisotopic (exact) mass is 244 g/mol. The van der Waals surface area contributed by atoms with Crippen molar-refractivity contribution in [2.24, 2.45) is 5.41 Å². The van der Waals surface area contributed by atoms with E-state index in [0.29, 0.717) is 0 Å². The van der Waals surface area contributed by atoms with Crippen LogP contribution in [0.4, 0.5) is 0 Å². The number of carbonyl (C=O) groups is 3. The maximum Gasteiger partial charge on any atom is 0.331 e. The zero-order chi connectivity index (χ0) is 13.9. The van der Waals surface area contributed by atoms with Crippen LogP contribution in [0.2, 0.25) is 0 Å². The summed E-state index contributed by atoms with van der Waals surface area (Å²) >= 11 is 0. The Morgan fingerprint density at radius 2 is 1.24 bits per heavy atom. The first-order valence-corrected chi connectivity index (χ1v) is 5.27. The van der Waals surface area contributed by atoms with Gasteiger partial charge in [-0.05, 0) is 27.7 Å². The Hall–Kier alpha value is -1.59. The molecular weight excluding hydrogens is 224 g/mol. The molecule has 0 saturated carbocycles. The fourth-order valence-electron chi connectivity index (χ4n) is 1.17. The fourth-order valence-corrected chi connectivity index (χ4v) is 1.17. The van der Waals surface area contributed by atoms with Crippen LogP contribution >= 0.6 is 0 Å². The van der Waals surface area contributed by atoms with Crippen LogP contribution in [0.3, 0.4) is 0 Å². The van der Waals surface area contributed by atoms with Gasteiger partial charge in [0.25, 0.3) is 0 Å². The second-order valence-corrected chi connectivity index (χ2v) is 4.79. The average molecular weight is 244 g/mol. The molecule has 0 aliphatic carbocycles. The third-order valence-electron chi connectivity index (χ3n) is 2.17. The van der Waals surface area contributed by atoms with Crippen LogP contribution in [0.1, 0.15) is 27.7 Å². The van der Waals surface area contributed by atoms with E-state index in [2.05, 4.69) is 10.6 Å². The summed E-state index contributed by atoms with van der Waals surface area (Å²) in [6.45, 7) is 6.23. The number of amides is 2. The summed E-state index contributed by atoms with van der Waals surface area (Å²) in [6, 6.07) is 0. The number of carbonyl (C=O) groups excluding carboxylic acids is 3. The van der Waals surface area contributed by atoms with Gasteiger partial charge in [0, 0.05) is 14.1 Å². The number of esters is 1. The molecule has 6 nitrogen and oxygen atoms in total. The normalized spacial score (nSPS) is 11.6. The lowest BCUT2D eigenvalue weighted by molar-refractivity contribution is -0.172. The van der Waals surface area contributed by atoms with Gasteiger partial charge in [0.2, 0.25) is 17.2 Å². The average Bonchev–Trinajstić information content (AvgIpc) is 2.23. The van der Waals surface area contributed by atoms with Crippen LogP contribution in [0, 0.1) is 5.41 Å². The Labute approximate surface area is 101 Å². The van der Waals surface area contributed by atoms with E-state index in [1.54, 1.807) is 20.8 Å². The number of hydrogen-bond acceptors (Lipinski definition) is 4. The molecule has 0 aliphatic heterocycles. The molecule has 0 fully saturated rings. The first-order chi connectivity index (χ1) is 7.59. The minimum absolute atomic E-state index is 0.703. The number of rotatable bonds is 3. The topological polar surface area (TPSA) is 84.5 Å². The van der Waals surface area contributed by atoms with Crippen LogP contribution in [-0.4, -0.2) is 37.5 Å². The summed E-state index contributed by atoms with van der Waals surface area (Å²) in [5.74, 6) is -2.28.